The van der Waals surface area contributed by atoms with Crippen molar-refractivity contribution in [2.45, 2.75) is 52.4 Å². The van der Waals surface area contributed by atoms with Crippen LogP contribution in [0.5, 0.6) is 5.75 Å². The largest absolute Gasteiger partial charge is 0.482 e. The fraction of sp³-hybridized carbons (Fsp3) is 0.333. The summed E-state index contributed by atoms with van der Waals surface area (Å²) in [6.45, 7) is 10.2. The standard InChI is InChI=1S/C24H28N4O3S/c1-6-28-23(18(5)31-21-9-7-8-15(2)16(21)3)26-27-24(28)32-14-22(30)25-20-12-10-19(11-13-20)17(4)29/h7-13,18H,6,14H2,1-5H3,(H,25,30). The second kappa shape index (κ2) is 10.5. The lowest BCUT2D eigenvalue weighted by atomic mass is 10.1. The predicted octanol–water partition coefficient (Wildman–Crippen LogP) is 4.99. The Balaban J connectivity index is 1.63. The molecule has 1 unspecified atom stereocenters. The minimum atomic E-state index is -0.286. The van der Waals surface area contributed by atoms with Crippen LogP contribution >= 0.6 is 11.8 Å². The molecule has 3 aromatic rings. The summed E-state index contributed by atoms with van der Waals surface area (Å²) in [5, 5.41) is 12.1. The molecule has 0 saturated carbocycles. The maximum atomic E-state index is 12.4. The Morgan fingerprint density at radius 2 is 1.84 bits per heavy atom. The van der Waals surface area contributed by atoms with Crippen LogP contribution in [0.25, 0.3) is 0 Å². The van der Waals surface area contributed by atoms with E-state index in [0.29, 0.717) is 23.0 Å². The van der Waals surface area contributed by atoms with Crippen LogP contribution in [0.4, 0.5) is 5.69 Å². The maximum Gasteiger partial charge on any atom is 0.234 e. The number of carbonyl (C=O) groups is 2. The van der Waals surface area contributed by atoms with Gasteiger partial charge in [0.1, 0.15) is 5.75 Å². The molecule has 3 rings (SSSR count). The molecule has 1 aromatic heterocycles. The molecular weight excluding hydrogens is 424 g/mol. The average Bonchev–Trinajstić information content (AvgIpc) is 3.19. The van der Waals surface area contributed by atoms with Crippen molar-refractivity contribution >= 4 is 29.1 Å². The molecule has 1 heterocycles. The van der Waals surface area contributed by atoms with Crippen LogP contribution in [0.1, 0.15) is 54.2 Å². The van der Waals surface area contributed by atoms with E-state index >= 15 is 0 Å². The molecule has 0 saturated heterocycles. The zero-order valence-electron chi connectivity index (χ0n) is 19.0. The quantitative estimate of drug-likeness (QED) is 0.364. The number of benzene rings is 2. The molecule has 0 bridgehead atoms. The van der Waals surface area contributed by atoms with E-state index in [1.165, 1.54) is 24.2 Å². The van der Waals surface area contributed by atoms with E-state index in [1.54, 1.807) is 24.3 Å². The number of anilines is 1. The van der Waals surface area contributed by atoms with Gasteiger partial charge in [-0.2, -0.15) is 0 Å². The molecule has 0 spiro atoms. The zero-order valence-corrected chi connectivity index (χ0v) is 19.8. The number of thioether (sulfide) groups is 1. The first kappa shape index (κ1) is 23.5. The number of hydrogen-bond acceptors (Lipinski definition) is 6. The third kappa shape index (κ3) is 5.56. The van der Waals surface area contributed by atoms with Crippen molar-refractivity contribution in [2.75, 3.05) is 11.1 Å². The summed E-state index contributed by atoms with van der Waals surface area (Å²) in [7, 11) is 0. The number of aromatic nitrogens is 3. The van der Waals surface area contributed by atoms with E-state index < -0.39 is 0 Å². The number of hydrogen-bond donors (Lipinski definition) is 1. The normalized spacial score (nSPS) is 11.8. The summed E-state index contributed by atoms with van der Waals surface area (Å²) in [6, 6.07) is 12.8. The first-order chi connectivity index (χ1) is 15.3. The smallest absolute Gasteiger partial charge is 0.234 e. The van der Waals surface area contributed by atoms with Crippen LogP contribution in [0.2, 0.25) is 0 Å². The Hall–Kier alpha value is -3.13. The van der Waals surface area contributed by atoms with Gasteiger partial charge in [-0.3, -0.25) is 9.59 Å². The highest BCUT2D eigenvalue weighted by Gasteiger charge is 2.20. The fourth-order valence-electron chi connectivity index (χ4n) is 3.22. The van der Waals surface area contributed by atoms with Gasteiger partial charge in [0.2, 0.25) is 5.91 Å². The first-order valence-corrected chi connectivity index (χ1v) is 11.5. The summed E-state index contributed by atoms with van der Waals surface area (Å²) >= 11 is 1.32. The first-order valence-electron chi connectivity index (χ1n) is 10.5. The van der Waals surface area contributed by atoms with E-state index in [-0.39, 0.29) is 23.5 Å². The van der Waals surface area contributed by atoms with Gasteiger partial charge in [-0.05, 0) is 76.1 Å². The zero-order chi connectivity index (χ0) is 23.3. The SMILES string of the molecule is CCn1c(SCC(=O)Nc2ccc(C(C)=O)cc2)nnc1C(C)Oc1cccc(C)c1C. The van der Waals surface area contributed by atoms with Gasteiger partial charge in [0.05, 0.1) is 5.75 Å². The molecule has 1 amide bonds. The van der Waals surface area contributed by atoms with E-state index in [4.69, 9.17) is 4.74 Å². The number of nitrogens with zero attached hydrogens (tertiary/aromatic N) is 3. The van der Waals surface area contributed by atoms with Gasteiger partial charge in [0.25, 0.3) is 0 Å². The highest BCUT2D eigenvalue weighted by atomic mass is 32.2. The Bertz CT molecular complexity index is 1110. The Labute approximate surface area is 192 Å². The minimum Gasteiger partial charge on any atom is -0.482 e. The predicted molar refractivity (Wildman–Crippen MR) is 126 cm³/mol. The number of carbonyl (C=O) groups excluding carboxylic acids is 2. The molecule has 168 valence electrons. The van der Waals surface area contributed by atoms with Gasteiger partial charge >= 0.3 is 0 Å². The number of aryl methyl sites for hydroxylation is 1. The number of amides is 1. The fourth-order valence-corrected chi connectivity index (χ4v) is 4.02. The van der Waals surface area contributed by atoms with Crippen molar-refractivity contribution in [1.82, 2.24) is 14.8 Å². The molecule has 0 aliphatic carbocycles. The van der Waals surface area contributed by atoms with Crippen molar-refractivity contribution in [3.8, 4) is 5.75 Å². The number of Topliss-reactive ketones (excluding diaryl/α,β-unsaturated/α-hetero) is 1. The van der Waals surface area contributed by atoms with E-state index in [0.717, 1.165) is 17.1 Å². The highest BCUT2D eigenvalue weighted by Crippen LogP contribution is 2.28. The number of rotatable bonds is 9. The van der Waals surface area contributed by atoms with E-state index in [9.17, 15) is 9.59 Å². The third-order valence-electron chi connectivity index (χ3n) is 5.19. The molecule has 7 nitrogen and oxygen atoms in total. The molecule has 1 atom stereocenters. The number of ketones is 1. The van der Waals surface area contributed by atoms with Crippen molar-refractivity contribution < 1.29 is 14.3 Å². The molecule has 32 heavy (non-hydrogen) atoms. The molecular formula is C24H28N4O3S. The van der Waals surface area contributed by atoms with Crippen molar-refractivity contribution in [1.29, 1.82) is 0 Å². The summed E-state index contributed by atoms with van der Waals surface area (Å²) < 4.78 is 8.13. The second-order valence-electron chi connectivity index (χ2n) is 7.51. The Kier molecular flexibility index (Phi) is 7.69. The summed E-state index contributed by atoms with van der Waals surface area (Å²) in [6.07, 6.45) is -0.286. The monoisotopic (exact) mass is 452 g/mol. The van der Waals surface area contributed by atoms with Gasteiger partial charge < -0.3 is 14.6 Å². The molecule has 0 fully saturated rings. The van der Waals surface area contributed by atoms with E-state index in [1.807, 2.05) is 37.5 Å². The van der Waals surface area contributed by atoms with Gasteiger partial charge in [-0.1, -0.05) is 23.9 Å². The van der Waals surface area contributed by atoms with Crippen molar-refractivity contribution in [3.05, 3.63) is 65.0 Å². The van der Waals surface area contributed by atoms with Gasteiger partial charge in [-0.25, -0.2) is 0 Å². The summed E-state index contributed by atoms with van der Waals surface area (Å²) in [5.74, 6) is 1.57. The summed E-state index contributed by atoms with van der Waals surface area (Å²) in [5.41, 5.74) is 3.53. The van der Waals surface area contributed by atoms with Crippen molar-refractivity contribution in [3.63, 3.8) is 0 Å². The molecule has 1 N–H and O–H groups in total. The van der Waals surface area contributed by atoms with Gasteiger partial charge in [0.15, 0.2) is 22.9 Å². The average molecular weight is 453 g/mol. The lowest BCUT2D eigenvalue weighted by molar-refractivity contribution is -0.113. The number of nitrogens with one attached hydrogen (secondary N) is 1. The summed E-state index contributed by atoms with van der Waals surface area (Å²) in [4.78, 5) is 23.7. The molecule has 0 radical (unpaired) electrons. The molecule has 0 aliphatic rings. The highest BCUT2D eigenvalue weighted by molar-refractivity contribution is 7.99. The lowest BCUT2D eigenvalue weighted by Gasteiger charge is -2.17. The number of ether oxygens (including phenoxy) is 1. The minimum absolute atomic E-state index is 0.0103. The molecule has 0 aliphatic heterocycles. The van der Waals surface area contributed by atoms with Crippen LogP contribution in [-0.4, -0.2) is 32.2 Å². The Morgan fingerprint density at radius 3 is 2.50 bits per heavy atom. The maximum absolute atomic E-state index is 12.4. The van der Waals surface area contributed by atoms with Crippen LogP contribution in [-0.2, 0) is 11.3 Å². The third-order valence-corrected chi connectivity index (χ3v) is 6.16. The lowest BCUT2D eigenvalue weighted by Crippen LogP contribution is -2.15. The van der Waals surface area contributed by atoms with Crippen molar-refractivity contribution in [2.24, 2.45) is 0 Å². The van der Waals surface area contributed by atoms with Gasteiger partial charge in [0, 0.05) is 17.8 Å². The molecule has 2 aromatic carbocycles. The van der Waals surface area contributed by atoms with Crippen LogP contribution in [0.15, 0.2) is 47.6 Å². The Morgan fingerprint density at radius 1 is 1.12 bits per heavy atom. The second-order valence-corrected chi connectivity index (χ2v) is 8.46. The van der Waals surface area contributed by atoms with E-state index in [2.05, 4.69) is 28.5 Å². The van der Waals surface area contributed by atoms with Gasteiger partial charge in [-0.15, -0.1) is 10.2 Å². The van der Waals surface area contributed by atoms with Crippen LogP contribution < -0.4 is 10.1 Å². The van der Waals surface area contributed by atoms with Crippen LogP contribution in [0.3, 0.4) is 0 Å². The van der Waals surface area contributed by atoms with Crippen LogP contribution in [0, 0.1) is 13.8 Å². The molecule has 8 heteroatoms. The topological polar surface area (TPSA) is 86.1 Å².